The molecule has 2 aromatic rings. The van der Waals surface area contributed by atoms with Crippen molar-refractivity contribution < 1.29 is 4.74 Å². The Labute approximate surface area is 108 Å². The zero-order valence-corrected chi connectivity index (χ0v) is 11.0. The van der Waals surface area contributed by atoms with Gasteiger partial charge in [0, 0.05) is 5.02 Å². The molecule has 15 heavy (non-hydrogen) atoms. The Bertz CT molecular complexity index is 491. The zero-order chi connectivity index (χ0) is 10.8. The van der Waals surface area contributed by atoms with Gasteiger partial charge >= 0.3 is 0 Å². The summed E-state index contributed by atoms with van der Waals surface area (Å²) in [7, 11) is 0. The van der Waals surface area contributed by atoms with Gasteiger partial charge in [0.25, 0.3) is 5.88 Å². The summed E-state index contributed by atoms with van der Waals surface area (Å²) in [4.78, 5) is 0. The number of ether oxygens (including phenoxy) is 1. The maximum atomic E-state index is 5.79. The molecule has 0 radical (unpaired) electrons. The van der Waals surface area contributed by atoms with Crippen LogP contribution in [0, 0.1) is 0 Å². The van der Waals surface area contributed by atoms with Crippen molar-refractivity contribution in [1.82, 2.24) is 8.75 Å². The van der Waals surface area contributed by atoms with Gasteiger partial charge in [-0.15, -0.1) is 4.37 Å². The van der Waals surface area contributed by atoms with Crippen LogP contribution in [0.4, 0.5) is 0 Å². The van der Waals surface area contributed by atoms with Crippen LogP contribution in [0.5, 0.6) is 11.6 Å². The number of benzene rings is 1. The van der Waals surface area contributed by atoms with Crippen LogP contribution in [0.3, 0.4) is 0 Å². The molecule has 2 rings (SSSR count). The molecule has 1 heterocycles. The predicted octanol–water partition coefficient (Wildman–Crippen LogP) is 4.40. The van der Waals surface area contributed by atoms with Gasteiger partial charge in [-0.05, 0) is 34.1 Å². The molecule has 0 bridgehead atoms. The van der Waals surface area contributed by atoms with Crippen molar-refractivity contribution in [3.63, 3.8) is 0 Å². The lowest BCUT2D eigenvalue weighted by atomic mass is 10.3. The van der Waals surface area contributed by atoms with E-state index in [4.69, 9.17) is 27.9 Å². The average molecular weight is 326 g/mol. The Balaban J connectivity index is 2.29. The van der Waals surface area contributed by atoms with Crippen LogP contribution < -0.4 is 4.74 Å². The SMILES string of the molecule is Clc1ccc(Oc2nsnc2Cl)c(Br)c1. The third-order valence-corrected chi connectivity index (χ3v) is 3.23. The molecule has 1 aromatic heterocycles. The van der Waals surface area contributed by atoms with Gasteiger partial charge in [-0.25, -0.2) is 0 Å². The zero-order valence-electron chi connectivity index (χ0n) is 7.08. The van der Waals surface area contributed by atoms with Crippen molar-refractivity contribution in [2.75, 3.05) is 0 Å². The molecule has 0 N–H and O–H groups in total. The van der Waals surface area contributed by atoms with Crippen LogP contribution in [0.1, 0.15) is 0 Å². The van der Waals surface area contributed by atoms with Gasteiger partial charge in [-0.3, -0.25) is 0 Å². The molecule has 0 saturated heterocycles. The van der Waals surface area contributed by atoms with Crippen LogP contribution >= 0.6 is 50.9 Å². The number of hydrogen-bond donors (Lipinski definition) is 0. The molecule has 0 aliphatic rings. The first-order valence-electron chi connectivity index (χ1n) is 3.78. The van der Waals surface area contributed by atoms with Crippen molar-refractivity contribution in [3.05, 3.63) is 32.8 Å². The molecule has 0 unspecified atom stereocenters. The second-order valence-corrected chi connectivity index (χ2v) is 4.71. The first-order chi connectivity index (χ1) is 7.16. The van der Waals surface area contributed by atoms with Crippen molar-refractivity contribution in [3.8, 4) is 11.6 Å². The first-order valence-corrected chi connectivity index (χ1v) is 6.05. The molecule has 0 saturated carbocycles. The highest BCUT2D eigenvalue weighted by Crippen LogP contribution is 2.33. The minimum Gasteiger partial charge on any atom is -0.435 e. The standard InChI is InChI=1S/C8H3BrCl2N2OS/c9-5-3-4(10)1-2-6(5)14-8-7(11)12-15-13-8/h1-3H. The smallest absolute Gasteiger partial charge is 0.270 e. The van der Waals surface area contributed by atoms with Gasteiger partial charge in [0.2, 0.25) is 5.15 Å². The van der Waals surface area contributed by atoms with E-state index in [9.17, 15) is 0 Å². The molecular weight excluding hydrogens is 323 g/mol. The molecule has 0 aliphatic heterocycles. The monoisotopic (exact) mass is 324 g/mol. The summed E-state index contributed by atoms with van der Waals surface area (Å²) in [6, 6.07) is 5.17. The van der Waals surface area contributed by atoms with E-state index < -0.39 is 0 Å². The number of nitrogens with zero attached hydrogens (tertiary/aromatic N) is 2. The van der Waals surface area contributed by atoms with Crippen LogP contribution in [0.25, 0.3) is 0 Å². The highest BCUT2D eigenvalue weighted by atomic mass is 79.9. The van der Waals surface area contributed by atoms with E-state index in [-0.39, 0.29) is 5.15 Å². The molecular formula is C8H3BrCl2N2OS. The third kappa shape index (κ3) is 2.60. The predicted molar refractivity (Wildman–Crippen MR) is 64.1 cm³/mol. The van der Waals surface area contributed by atoms with Gasteiger partial charge < -0.3 is 4.74 Å². The summed E-state index contributed by atoms with van der Waals surface area (Å²) in [6.07, 6.45) is 0. The lowest BCUT2D eigenvalue weighted by Gasteiger charge is -2.04. The number of rotatable bonds is 2. The van der Waals surface area contributed by atoms with Crippen molar-refractivity contribution >= 4 is 50.9 Å². The number of aromatic nitrogens is 2. The summed E-state index contributed by atoms with van der Waals surface area (Å²) >= 11 is 15.9. The van der Waals surface area contributed by atoms with Crippen molar-refractivity contribution in [1.29, 1.82) is 0 Å². The molecule has 0 amide bonds. The lowest BCUT2D eigenvalue weighted by Crippen LogP contribution is -1.85. The summed E-state index contributed by atoms with van der Waals surface area (Å²) in [6.45, 7) is 0. The average Bonchev–Trinajstić information content (AvgIpc) is 2.57. The van der Waals surface area contributed by atoms with Gasteiger partial charge in [0.05, 0.1) is 16.2 Å². The van der Waals surface area contributed by atoms with Gasteiger partial charge in [-0.2, -0.15) is 4.37 Å². The van der Waals surface area contributed by atoms with Crippen molar-refractivity contribution in [2.45, 2.75) is 0 Å². The highest BCUT2D eigenvalue weighted by Gasteiger charge is 2.10. The fourth-order valence-corrected chi connectivity index (χ4v) is 2.27. The lowest BCUT2D eigenvalue weighted by molar-refractivity contribution is 0.465. The molecule has 1 aromatic carbocycles. The first kappa shape index (κ1) is 11.1. The van der Waals surface area contributed by atoms with Gasteiger partial charge in [-0.1, -0.05) is 23.2 Å². The molecule has 0 spiro atoms. The van der Waals surface area contributed by atoms with E-state index >= 15 is 0 Å². The van der Waals surface area contributed by atoms with Gasteiger partial charge in [0.1, 0.15) is 5.75 Å². The Morgan fingerprint density at radius 1 is 1.27 bits per heavy atom. The second-order valence-electron chi connectivity index (χ2n) is 2.54. The molecule has 78 valence electrons. The quantitative estimate of drug-likeness (QED) is 0.820. The van der Waals surface area contributed by atoms with E-state index in [0.717, 1.165) is 16.2 Å². The van der Waals surface area contributed by atoms with Crippen LogP contribution in [-0.2, 0) is 0 Å². The van der Waals surface area contributed by atoms with E-state index in [1.54, 1.807) is 18.2 Å². The number of halogens is 3. The molecule has 0 aliphatic carbocycles. The fraction of sp³-hybridized carbons (Fsp3) is 0. The molecule has 0 atom stereocenters. The van der Waals surface area contributed by atoms with Crippen LogP contribution in [0.15, 0.2) is 22.7 Å². The van der Waals surface area contributed by atoms with E-state index in [1.165, 1.54) is 0 Å². The Hall–Kier alpha value is -0.360. The Morgan fingerprint density at radius 3 is 2.67 bits per heavy atom. The van der Waals surface area contributed by atoms with E-state index in [1.807, 2.05) is 0 Å². The second kappa shape index (κ2) is 4.65. The fourth-order valence-electron chi connectivity index (χ4n) is 0.893. The largest absolute Gasteiger partial charge is 0.435 e. The summed E-state index contributed by atoms with van der Waals surface area (Å²) in [5.74, 6) is 0.888. The van der Waals surface area contributed by atoms with Crippen LogP contribution in [0.2, 0.25) is 10.2 Å². The normalized spacial score (nSPS) is 10.3. The van der Waals surface area contributed by atoms with Crippen molar-refractivity contribution in [2.24, 2.45) is 0 Å². The highest BCUT2D eigenvalue weighted by molar-refractivity contribution is 9.10. The minimum absolute atomic E-state index is 0.252. The summed E-state index contributed by atoms with van der Waals surface area (Å²) in [5.41, 5.74) is 0. The Morgan fingerprint density at radius 2 is 2.07 bits per heavy atom. The third-order valence-electron chi connectivity index (χ3n) is 1.52. The van der Waals surface area contributed by atoms with E-state index in [0.29, 0.717) is 16.7 Å². The molecule has 3 nitrogen and oxygen atoms in total. The Kier molecular flexibility index (Phi) is 3.45. The maximum absolute atomic E-state index is 5.79. The number of hydrogen-bond acceptors (Lipinski definition) is 4. The van der Waals surface area contributed by atoms with Crippen LogP contribution in [-0.4, -0.2) is 8.75 Å². The molecule has 7 heteroatoms. The van der Waals surface area contributed by atoms with E-state index in [2.05, 4.69) is 24.7 Å². The molecule has 0 fully saturated rings. The summed E-state index contributed by atoms with van der Waals surface area (Å²) < 4.78 is 13.9. The summed E-state index contributed by atoms with van der Waals surface area (Å²) in [5, 5.41) is 0.874. The topological polar surface area (TPSA) is 35.0 Å². The van der Waals surface area contributed by atoms with Gasteiger partial charge in [0.15, 0.2) is 0 Å². The minimum atomic E-state index is 0.252. The maximum Gasteiger partial charge on any atom is 0.270 e.